The predicted octanol–water partition coefficient (Wildman–Crippen LogP) is 2.90. The summed E-state index contributed by atoms with van der Waals surface area (Å²) in [5, 5.41) is 2.22. The summed E-state index contributed by atoms with van der Waals surface area (Å²) < 4.78 is 53.4. The van der Waals surface area contributed by atoms with Crippen LogP contribution in [-0.2, 0) is 10.0 Å². The van der Waals surface area contributed by atoms with Crippen LogP contribution in [-0.4, -0.2) is 20.4 Å². The number of carbonyl (C=O) groups excluding carboxylic acids is 1. The minimum absolute atomic E-state index is 0.00490. The van der Waals surface area contributed by atoms with Gasteiger partial charge >= 0.3 is 0 Å². The maximum absolute atomic E-state index is 13.6. The van der Waals surface area contributed by atoms with Gasteiger partial charge in [0, 0.05) is 11.6 Å². The van der Waals surface area contributed by atoms with Crippen LogP contribution in [0.25, 0.3) is 0 Å². The third-order valence-corrected chi connectivity index (χ3v) is 4.65. The SMILES string of the molecule is CC(C)NS(=O)(=O)c1cccc(C(=O)Nc2cccc(F)c2F)c1. The molecule has 2 rings (SSSR count). The lowest BCUT2D eigenvalue weighted by atomic mass is 10.2. The van der Waals surface area contributed by atoms with E-state index < -0.39 is 27.6 Å². The second kappa shape index (κ2) is 7.06. The second-order valence-electron chi connectivity index (χ2n) is 5.36. The van der Waals surface area contributed by atoms with Crippen LogP contribution in [0.2, 0.25) is 0 Å². The summed E-state index contributed by atoms with van der Waals surface area (Å²) in [4.78, 5) is 12.1. The van der Waals surface area contributed by atoms with Crippen molar-refractivity contribution in [3.05, 3.63) is 59.7 Å². The third kappa shape index (κ3) is 4.15. The maximum Gasteiger partial charge on any atom is 0.255 e. The van der Waals surface area contributed by atoms with Crippen LogP contribution in [0.4, 0.5) is 14.5 Å². The van der Waals surface area contributed by atoms with Crippen molar-refractivity contribution in [3.8, 4) is 0 Å². The largest absolute Gasteiger partial charge is 0.319 e. The fourth-order valence-electron chi connectivity index (χ4n) is 1.98. The summed E-state index contributed by atoms with van der Waals surface area (Å²) in [7, 11) is -3.77. The predicted molar refractivity (Wildman–Crippen MR) is 86.2 cm³/mol. The lowest BCUT2D eigenvalue weighted by Crippen LogP contribution is -2.30. The van der Waals surface area contributed by atoms with Gasteiger partial charge in [0.2, 0.25) is 10.0 Å². The van der Waals surface area contributed by atoms with Crippen molar-refractivity contribution >= 4 is 21.6 Å². The number of benzene rings is 2. The van der Waals surface area contributed by atoms with Crippen LogP contribution in [0.1, 0.15) is 24.2 Å². The maximum atomic E-state index is 13.6. The number of sulfonamides is 1. The molecule has 0 radical (unpaired) electrons. The van der Waals surface area contributed by atoms with Gasteiger partial charge in [-0.3, -0.25) is 4.79 Å². The lowest BCUT2D eigenvalue weighted by molar-refractivity contribution is 0.102. The first kappa shape index (κ1) is 18.0. The number of anilines is 1. The average Bonchev–Trinajstić information content (AvgIpc) is 2.51. The van der Waals surface area contributed by atoms with E-state index in [1.807, 2.05) is 0 Å². The molecule has 24 heavy (non-hydrogen) atoms. The van der Waals surface area contributed by atoms with E-state index in [9.17, 15) is 22.0 Å². The lowest BCUT2D eigenvalue weighted by Gasteiger charge is -2.11. The molecule has 2 aromatic rings. The van der Waals surface area contributed by atoms with E-state index >= 15 is 0 Å². The van der Waals surface area contributed by atoms with Gasteiger partial charge in [-0.1, -0.05) is 12.1 Å². The molecule has 0 fully saturated rings. The summed E-state index contributed by atoms with van der Waals surface area (Å²) in [5.41, 5.74) is -0.321. The molecule has 0 spiro atoms. The standard InChI is InChI=1S/C16H16F2N2O3S/c1-10(2)20-24(22,23)12-6-3-5-11(9-12)16(21)19-14-8-4-7-13(17)15(14)18/h3-10,20H,1-2H3,(H,19,21). The van der Waals surface area contributed by atoms with E-state index in [4.69, 9.17) is 0 Å². The van der Waals surface area contributed by atoms with Crippen molar-refractivity contribution < 1.29 is 22.0 Å². The first-order chi connectivity index (χ1) is 11.2. The molecule has 0 aliphatic rings. The topological polar surface area (TPSA) is 75.3 Å². The van der Waals surface area contributed by atoms with Crippen LogP contribution >= 0.6 is 0 Å². The fraction of sp³-hybridized carbons (Fsp3) is 0.188. The molecule has 0 heterocycles. The molecule has 2 N–H and O–H groups in total. The molecular weight excluding hydrogens is 338 g/mol. The Hall–Kier alpha value is -2.32. The van der Waals surface area contributed by atoms with Gasteiger partial charge in [-0.25, -0.2) is 21.9 Å². The molecule has 0 unspecified atom stereocenters. The highest BCUT2D eigenvalue weighted by molar-refractivity contribution is 7.89. The molecule has 0 aliphatic carbocycles. The average molecular weight is 354 g/mol. The number of nitrogens with one attached hydrogen (secondary N) is 2. The summed E-state index contributed by atoms with van der Waals surface area (Å²) in [6.07, 6.45) is 0. The molecule has 1 amide bonds. The molecule has 0 saturated heterocycles. The van der Waals surface area contributed by atoms with Crippen molar-refractivity contribution in [1.82, 2.24) is 4.72 Å². The molecule has 8 heteroatoms. The fourth-order valence-corrected chi connectivity index (χ4v) is 3.27. The number of hydrogen-bond donors (Lipinski definition) is 2. The number of amides is 1. The Morgan fingerprint density at radius 3 is 2.42 bits per heavy atom. The molecule has 0 aromatic heterocycles. The molecular formula is C16H16F2N2O3S. The Bertz CT molecular complexity index is 867. The van der Waals surface area contributed by atoms with Crippen LogP contribution < -0.4 is 10.0 Å². The number of halogens is 2. The molecule has 128 valence electrons. The minimum Gasteiger partial charge on any atom is -0.319 e. The van der Waals surface area contributed by atoms with Gasteiger partial charge in [0.1, 0.15) is 0 Å². The minimum atomic E-state index is -3.77. The Morgan fingerprint density at radius 1 is 1.08 bits per heavy atom. The van der Waals surface area contributed by atoms with Crippen molar-refractivity contribution in [1.29, 1.82) is 0 Å². The van der Waals surface area contributed by atoms with Gasteiger partial charge < -0.3 is 5.32 Å². The quantitative estimate of drug-likeness (QED) is 0.867. The second-order valence-corrected chi connectivity index (χ2v) is 7.07. The molecule has 0 aliphatic heterocycles. The van der Waals surface area contributed by atoms with Crippen LogP contribution in [0.5, 0.6) is 0 Å². The van der Waals surface area contributed by atoms with Crippen molar-refractivity contribution in [2.75, 3.05) is 5.32 Å². The Balaban J connectivity index is 2.28. The zero-order valence-electron chi connectivity index (χ0n) is 13.0. The highest BCUT2D eigenvalue weighted by atomic mass is 32.2. The summed E-state index contributed by atoms with van der Waals surface area (Å²) in [5.74, 6) is -3.03. The van der Waals surface area contributed by atoms with Crippen LogP contribution in [0.15, 0.2) is 47.4 Å². The molecule has 0 atom stereocenters. The van der Waals surface area contributed by atoms with Crippen molar-refractivity contribution in [3.63, 3.8) is 0 Å². The van der Waals surface area contributed by atoms with Gasteiger partial charge in [0.25, 0.3) is 5.91 Å². The smallest absolute Gasteiger partial charge is 0.255 e. The van der Waals surface area contributed by atoms with Gasteiger partial charge in [0.05, 0.1) is 10.6 Å². The molecule has 2 aromatic carbocycles. The first-order valence-corrected chi connectivity index (χ1v) is 8.57. The van der Waals surface area contributed by atoms with Gasteiger partial charge in [-0.05, 0) is 44.2 Å². The van der Waals surface area contributed by atoms with E-state index in [2.05, 4.69) is 10.0 Å². The highest BCUT2D eigenvalue weighted by Gasteiger charge is 2.18. The number of hydrogen-bond acceptors (Lipinski definition) is 3. The molecule has 5 nitrogen and oxygen atoms in total. The molecule has 0 bridgehead atoms. The monoisotopic (exact) mass is 354 g/mol. The van der Waals surface area contributed by atoms with E-state index in [1.165, 1.54) is 30.3 Å². The van der Waals surface area contributed by atoms with Crippen LogP contribution in [0.3, 0.4) is 0 Å². The van der Waals surface area contributed by atoms with E-state index in [0.717, 1.165) is 12.1 Å². The van der Waals surface area contributed by atoms with E-state index in [1.54, 1.807) is 13.8 Å². The number of carbonyl (C=O) groups is 1. The van der Waals surface area contributed by atoms with E-state index in [-0.39, 0.29) is 22.2 Å². The highest BCUT2D eigenvalue weighted by Crippen LogP contribution is 2.18. The summed E-state index contributed by atoms with van der Waals surface area (Å²) in [6.45, 7) is 3.33. The van der Waals surface area contributed by atoms with Crippen LogP contribution in [0, 0.1) is 11.6 Å². The number of rotatable bonds is 5. The first-order valence-electron chi connectivity index (χ1n) is 7.08. The zero-order valence-corrected chi connectivity index (χ0v) is 13.8. The molecule has 0 saturated carbocycles. The third-order valence-electron chi connectivity index (χ3n) is 3.00. The van der Waals surface area contributed by atoms with Gasteiger partial charge in [-0.2, -0.15) is 0 Å². The normalized spacial score (nSPS) is 11.5. The van der Waals surface area contributed by atoms with Crippen molar-refractivity contribution in [2.24, 2.45) is 0 Å². The Labute approximate surface area is 138 Å². The Morgan fingerprint density at radius 2 is 1.75 bits per heavy atom. The van der Waals surface area contributed by atoms with E-state index in [0.29, 0.717) is 0 Å². The summed E-state index contributed by atoms with van der Waals surface area (Å²) >= 11 is 0. The Kier molecular flexibility index (Phi) is 5.30. The zero-order chi connectivity index (χ0) is 17.9. The van der Waals surface area contributed by atoms with Gasteiger partial charge in [0.15, 0.2) is 11.6 Å². The van der Waals surface area contributed by atoms with Crippen molar-refractivity contribution in [2.45, 2.75) is 24.8 Å². The summed E-state index contributed by atoms with van der Waals surface area (Å²) in [6, 6.07) is 8.34. The van der Waals surface area contributed by atoms with Gasteiger partial charge in [-0.15, -0.1) is 0 Å².